The molecular formula is C20H29NO5. The second-order valence-electron chi connectivity index (χ2n) is 6.96. The van der Waals surface area contributed by atoms with Crippen LogP contribution in [-0.4, -0.2) is 63.0 Å². The number of methoxy groups -OCH3 is 2. The minimum Gasteiger partial charge on any atom is -0.493 e. The lowest BCUT2D eigenvalue weighted by Gasteiger charge is -2.46. The summed E-state index contributed by atoms with van der Waals surface area (Å²) in [6.45, 7) is 4.92. The zero-order chi connectivity index (χ0) is 18.6. The molecule has 0 radical (unpaired) electrons. The first-order valence-electron chi connectivity index (χ1n) is 9.37. The smallest absolute Gasteiger partial charge is 0.253 e. The van der Waals surface area contributed by atoms with Crippen LogP contribution in [0.1, 0.15) is 43.0 Å². The summed E-state index contributed by atoms with van der Waals surface area (Å²) in [5.41, 5.74) is 0.488. The molecule has 26 heavy (non-hydrogen) atoms. The van der Waals surface area contributed by atoms with Gasteiger partial charge in [-0.25, -0.2) is 0 Å². The number of hydrogen-bond donors (Lipinski definition) is 0. The van der Waals surface area contributed by atoms with E-state index < -0.39 is 0 Å². The van der Waals surface area contributed by atoms with Crippen molar-refractivity contribution in [3.8, 4) is 11.5 Å². The summed E-state index contributed by atoms with van der Waals surface area (Å²) in [7, 11) is 3.16. The highest BCUT2D eigenvalue weighted by molar-refractivity contribution is 5.95. The number of ether oxygens (including phenoxy) is 4. The van der Waals surface area contributed by atoms with E-state index in [-0.39, 0.29) is 17.6 Å². The summed E-state index contributed by atoms with van der Waals surface area (Å²) in [5.74, 6) is 1.22. The first-order chi connectivity index (χ1) is 12.6. The van der Waals surface area contributed by atoms with Crippen LogP contribution >= 0.6 is 0 Å². The number of likely N-dealkylation sites (tertiary alicyclic amines) is 1. The van der Waals surface area contributed by atoms with Crippen LogP contribution < -0.4 is 9.47 Å². The molecule has 2 aliphatic rings. The first kappa shape index (κ1) is 19.0. The topological polar surface area (TPSA) is 57.2 Å². The highest BCUT2D eigenvalue weighted by atomic mass is 16.5. The molecule has 1 atom stereocenters. The molecule has 0 aromatic heterocycles. The third kappa shape index (κ3) is 3.96. The van der Waals surface area contributed by atoms with E-state index in [2.05, 4.69) is 0 Å². The maximum Gasteiger partial charge on any atom is 0.253 e. The lowest BCUT2D eigenvalue weighted by molar-refractivity contribution is -0.151. The van der Waals surface area contributed by atoms with E-state index in [1.165, 1.54) is 0 Å². The van der Waals surface area contributed by atoms with Gasteiger partial charge in [0.15, 0.2) is 11.5 Å². The van der Waals surface area contributed by atoms with E-state index >= 15 is 0 Å². The Bertz CT molecular complexity index is 623. The second kappa shape index (κ2) is 8.27. The van der Waals surface area contributed by atoms with E-state index in [9.17, 15) is 4.79 Å². The van der Waals surface area contributed by atoms with Crippen LogP contribution in [0.3, 0.4) is 0 Å². The highest BCUT2D eigenvalue weighted by Crippen LogP contribution is 2.36. The number of amides is 1. The molecule has 1 unspecified atom stereocenters. The maximum atomic E-state index is 12.9. The molecule has 0 N–H and O–H groups in total. The van der Waals surface area contributed by atoms with E-state index in [0.29, 0.717) is 30.2 Å². The van der Waals surface area contributed by atoms with Gasteiger partial charge >= 0.3 is 0 Å². The molecule has 2 heterocycles. The number of carbonyl (C=O) groups is 1. The van der Waals surface area contributed by atoms with Crippen molar-refractivity contribution >= 4 is 5.91 Å². The SMILES string of the molecule is CCOC1CCOC2(CCN(C(=O)c3ccc(OC)c(OC)c3)CC2)C1. The Labute approximate surface area is 155 Å². The Hall–Kier alpha value is -1.79. The molecule has 1 amide bonds. The van der Waals surface area contributed by atoms with Gasteiger partial charge in [0.1, 0.15) is 0 Å². The Morgan fingerprint density at radius 2 is 1.96 bits per heavy atom. The minimum absolute atomic E-state index is 0.0259. The number of benzene rings is 1. The fraction of sp³-hybridized carbons (Fsp3) is 0.650. The van der Waals surface area contributed by atoms with Crippen LogP contribution in [0.2, 0.25) is 0 Å². The van der Waals surface area contributed by atoms with Gasteiger partial charge in [0.05, 0.1) is 25.9 Å². The predicted molar refractivity (Wildman–Crippen MR) is 98.0 cm³/mol. The van der Waals surface area contributed by atoms with Crippen molar-refractivity contribution in [1.29, 1.82) is 0 Å². The van der Waals surface area contributed by atoms with Crippen molar-refractivity contribution in [3.63, 3.8) is 0 Å². The fourth-order valence-corrected chi connectivity index (χ4v) is 3.98. The van der Waals surface area contributed by atoms with Gasteiger partial charge in [-0.1, -0.05) is 0 Å². The molecule has 2 aliphatic heterocycles. The van der Waals surface area contributed by atoms with Crippen LogP contribution in [0.25, 0.3) is 0 Å². The first-order valence-corrected chi connectivity index (χ1v) is 9.37. The molecule has 1 aromatic rings. The lowest BCUT2D eigenvalue weighted by Crippen LogP contribution is -2.52. The van der Waals surface area contributed by atoms with Crippen molar-refractivity contribution in [1.82, 2.24) is 4.90 Å². The standard InChI is InChI=1S/C20H29NO5/c1-4-25-16-7-12-26-20(14-16)8-10-21(11-9-20)19(22)15-5-6-17(23-2)18(13-15)24-3/h5-6,13,16H,4,7-12,14H2,1-3H3. The quantitative estimate of drug-likeness (QED) is 0.805. The summed E-state index contributed by atoms with van der Waals surface area (Å²) in [6, 6.07) is 5.30. The molecule has 0 bridgehead atoms. The third-order valence-corrected chi connectivity index (χ3v) is 5.44. The van der Waals surface area contributed by atoms with Crippen molar-refractivity contribution < 1.29 is 23.7 Å². The zero-order valence-corrected chi connectivity index (χ0v) is 16.0. The minimum atomic E-state index is -0.132. The van der Waals surface area contributed by atoms with Crippen molar-refractivity contribution in [3.05, 3.63) is 23.8 Å². The number of rotatable bonds is 5. The van der Waals surface area contributed by atoms with Gasteiger partial charge < -0.3 is 23.8 Å². The third-order valence-electron chi connectivity index (χ3n) is 5.44. The van der Waals surface area contributed by atoms with Crippen LogP contribution in [0.4, 0.5) is 0 Å². The summed E-state index contributed by atoms with van der Waals surface area (Å²) in [4.78, 5) is 14.8. The molecule has 144 valence electrons. The van der Waals surface area contributed by atoms with Crippen LogP contribution in [0.5, 0.6) is 11.5 Å². The largest absolute Gasteiger partial charge is 0.493 e. The normalized spacial score (nSPS) is 22.3. The molecule has 6 heteroatoms. The number of piperidine rings is 1. The highest BCUT2D eigenvalue weighted by Gasteiger charge is 2.41. The van der Waals surface area contributed by atoms with Crippen LogP contribution in [0, 0.1) is 0 Å². The summed E-state index contributed by atoms with van der Waals surface area (Å²) >= 11 is 0. The van der Waals surface area contributed by atoms with E-state index in [1.807, 2.05) is 11.8 Å². The molecule has 2 fully saturated rings. The monoisotopic (exact) mass is 363 g/mol. The van der Waals surface area contributed by atoms with E-state index in [1.54, 1.807) is 32.4 Å². The van der Waals surface area contributed by atoms with E-state index in [0.717, 1.165) is 38.9 Å². The molecule has 0 aliphatic carbocycles. The molecule has 3 rings (SSSR count). The predicted octanol–water partition coefficient (Wildman–Crippen LogP) is 2.89. The van der Waals surface area contributed by atoms with Gasteiger partial charge in [0.25, 0.3) is 5.91 Å². The van der Waals surface area contributed by atoms with Gasteiger partial charge in [0, 0.05) is 38.3 Å². The van der Waals surface area contributed by atoms with Crippen molar-refractivity contribution in [2.24, 2.45) is 0 Å². The number of carbonyl (C=O) groups excluding carboxylic acids is 1. The molecule has 6 nitrogen and oxygen atoms in total. The Morgan fingerprint density at radius 1 is 1.23 bits per heavy atom. The van der Waals surface area contributed by atoms with Gasteiger partial charge in [-0.15, -0.1) is 0 Å². The zero-order valence-electron chi connectivity index (χ0n) is 16.0. The Morgan fingerprint density at radius 3 is 2.62 bits per heavy atom. The fourth-order valence-electron chi connectivity index (χ4n) is 3.98. The molecule has 1 spiro atoms. The van der Waals surface area contributed by atoms with Gasteiger partial charge in [-0.2, -0.15) is 0 Å². The average Bonchev–Trinajstić information content (AvgIpc) is 2.68. The van der Waals surface area contributed by atoms with Gasteiger partial charge in [0.2, 0.25) is 0 Å². The average molecular weight is 363 g/mol. The second-order valence-corrected chi connectivity index (χ2v) is 6.96. The van der Waals surface area contributed by atoms with Gasteiger partial charge in [-0.05, 0) is 44.4 Å². The Balaban J connectivity index is 1.63. The van der Waals surface area contributed by atoms with Crippen molar-refractivity contribution in [2.45, 2.75) is 44.3 Å². The Kier molecular flexibility index (Phi) is 6.04. The van der Waals surface area contributed by atoms with Gasteiger partial charge in [-0.3, -0.25) is 4.79 Å². The summed E-state index contributed by atoms with van der Waals surface area (Å²) < 4.78 is 22.5. The summed E-state index contributed by atoms with van der Waals surface area (Å²) in [5, 5.41) is 0. The molecule has 1 aromatic carbocycles. The van der Waals surface area contributed by atoms with Crippen LogP contribution in [0.15, 0.2) is 18.2 Å². The summed E-state index contributed by atoms with van der Waals surface area (Å²) in [6.07, 6.45) is 3.88. The number of hydrogen-bond acceptors (Lipinski definition) is 5. The van der Waals surface area contributed by atoms with Crippen molar-refractivity contribution in [2.75, 3.05) is 40.5 Å². The van der Waals surface area contributed by atoms with E-state index in [4.69, 9.17) is 18.9 Å². The molecule has 2 saturated heterocycles. The maximum absolute atomic E-state index is 12.9. The number of nitrogens with zero attached hydrogens (tertiary/aromatic N) is 1. The van der Waals surface area contributed by atoms with Crippen LogP contribution in [-0.2, 0) is 9.47 Å². The lowest BCUT2D eigenvalue weighted by atomic mass is 9.83. The molecular weight excluding hydrogens is 334 g/mol. The molecule has 0 saturated carbocycles.